The Morgan fingerprint density at radius 3 is 2.73 bits per heavy atom. The van der Waals surface area contributed by atoms with Gasteiger partial charge in [0.2, 0.25) is 5.91 Å². The molecule has 0 aromatic heterocycles. The molecule has 5 nitrogen and oxygen atoms in total. The smallest absolute Gasteiger partial charge is 0.312 e. The summed E-state index contributed by atoms with van der Waals surface area (Å²) in [5, 5.41) is 0. The van der Waals surface area contributed by atoms with Crippen LogP contribution in [0.15, 0.2) is 0 Å². The van der Waals surface area contributed by atoms with Crippen molar-refractivity contribution in [3.8, 4) is 0 Å². The van der Waals surface area contributed by atoms with E-state index in [-0.39, 0.29) is 12.4 Å². The van der Waals surface area contributed by atoms with Crippen molar-refractivity contribution in [2.75, 3.05) is 0 Å². The van der Waals surface area contributed by atoms with E-state index >= 15 is 0 Å². The van der Waals surface area contributed by atoms with Crippen molar-refractivity contribution in [3.63, 3.8) is 0 Å². The summed E-state index contributed by atoms with van der Waals surface area (Å²) in [4.78, 5) is 24.6. The van der Waals surface area contributed by atoms with Crippen molar-refractivity contribution < 1.29 is 14.4 Å². The van der Waals surface area contributed by atoms with Gasteiger partial charge in [-0.05, 0) is 18.8 Å². The number of rotatable bonds is 5. The van der Waals surface area contributed by atoms with Gasteiger partial charge in [0.25, 0.3) is 0 Å². The van der Waals surface area contributed by atoms with Gasteiger partial charge < -0.3 is 10.6 Å². The van der Waals surface area contributed by atoms with E-state index in [1.165, 1.54) is 0 Å². The molecular formula is C6H10N2O3. The van der Waals surface area contributed by atoms with Crippen molar-refractivity contribution in [2.24, 2.45) is 11.7 Å². The molecule has 1 saturated carbocycles. The first-order valence-corrected chi connectivity index (χ1v) is 3.40. The molecule has 1 aliphatic rings. The predicted octanol–water partition coefficient (Wildman–Crippen LogP) is -1.07. The van der Waals surface area contributed by atoms with Gasteiger partial charge in [0, 0.05) is 0 Å². The third-order valence-electron chi connectivity index (χ3n) is 1.64. The zero-order valence-corrected chi connectivity index (χ0v) is 5.95. The fraction of sp³-hybridized carbons (Fsp3) is 0.667. The Balaban J connectivity index is 2.32. The summed E-state index contributed by atoms with van der Waals surface area (Å²) >= 11 is 0. The first kappa shape index (κ1) is 8.00. The molecule has 1 aliphatic carbocycles. The maximum Gasteiger partial charge on any atom is 0.312 e. The predicted molar refractivity (Wildman–Crippen MR) is 36.0 cm³/mol. The van der Waals surface area contributed by atoms with Crippen LogP contribution in [-0.2, 0) is 14.4 Å². The minimum atomic E-state index is -0.514. The lowest BCUT2D eigenvalue weighted by Gasteiger charge is -2.10. The average Bonchev–Trinajstić information content (AvgIpc) is 2.71. The number of amides is 1. The molecule has 1 rings (SSSR count). The lowest BCUT2D eigenvalue weighted by molar-refractivity contribution is -0.140. The Bertz CT molecular complexity index is 167. The molecule has 1 amide bonds. The monoisotopic (exact) mass is 158 g/mol. The molecule has 11 heavy (non-hydrogen) atoms. The molecule has 0 aromatic rings. The van der Waals surface area contributed by atoms with Gasteiger partial charge in [-0.3, -0.25) is 9.59 Å². The first-order chi connectivity index (χ1) is 5.25. The molecule has 0 aromatic carbocycles. The van der Waals surface area contributed by atoms with E-state index in [2.05, 4.69) is 10.3 Å². The van der Waals surface area contributed by atoms with Crippen LogP contribution in [-0.4, -0.2) is 18.4 Å². The normalized spacial score (nSPS) is 18.9. The highest BCUT2D eigenvalue weighted by Gasteiger charge is 2.35. The summed E-state index contributed by atoms with van der Waals surface area (Å²) < 4.78 is 0. The maximum absolute atomic E-state index is 10.7. The van der Waals surface area contributed by atoms with Crippen molar-refractivity contribution in [1.82, 2.24) is 5.48 Å². The molecule has 3 N–H and O–H groups in total. The van der Waals surface area contributed by atoms with E-state index in [1.54, 1.807) is 0 Å². The van der Waals surface area contributed by atoms with Gasteiger partial charge in [-0.2, -0.15) is 0 Å². The van der Waals surface area contributed by atoms with Crippen LogP contribution in [0.3, 0.4) is 0 Å². The molecule has 1 fully saturated rings. The number of nitrogens with one attached hydrogen (secondary N) is 1. The van der Waals surface area contributed by atoms with Crippen LogP contribution in [0.5, 0.6) is 0 Å². The molecular weight excluding hydrogens is 148 g/mol. The van der Waals surface area contributed by atoms with Crippen LogP contribution >= 0.6 is 0 Å². The number of hydrogen-bond donors (Lipinski definition) is 2. The molecule has 0 heterocycles. The lowest BCUT2D eigenvalue weighted by atomic mass is 10.2. The van der Waals surface area contributed by atoms with Crippen LogP contribution in [0, 0.1) is 5.92 Å². The zero-order chi connectivity index (χ0) is 8.27. The van der Waals surface area contributed by atoms with Gasteiger partial charge in [0.1, 0.15) is 6.04 Å². The summed E-state index contributed by atoms with van der Waals surface area (Å²) in [6.07, 6.45) is 1.92. The third-order valence-corrected chi connectivity index (χ3v) is 1.64. The average molecular weight is 158 g/mol. The largest absolute Gasteiger partial charge is 0.373 e. The van der Waals surface area contributed by atoms with Gasteiger partial charge in [-0.15, -0.1) is 5.48 Å². The summed E-state index contributed by atoms with van der Waals surface area (Å²) in [6, 6.07) is -0.514. The Morgan fingerprint density at radius 2 is 2.36 bits per heavy atom. The second-order valence-corrected chi connectivity index (χ2v) is 2.55. The Morgan fingerprint density at radius 1 is 1.73 bits per heavy atom. The van der Waals surface area contributed by atoms with Crippen LogP contribution in [0.1, 0.15) is 12.8 Å². The summed E-state index contributed by atoms with van der Waals surface area (Å²) in [6.45, 7) is 0.234. The van der Waals surface area contributed by atoms with Gasteiger partial charge >= 0.3 is 6.47 Å². The van der Waals surface area contributed by atoms with E-state index < -0.39 is 11.9 Å². The number of carbonyl (C=O) groups excluding carboxylic acids is 2. The second-order valence-electron chi connectivity index (χ2n) is 2.55. The molecule has 0 bridgehead atoms. The van der Waals surface area contributed by atoms with Crippen molar-refractivity contribution in [1.29, 1.82) is 0 Å². The summed E-state index contributed by atoms with van der Waals surface area (Å²) in [5.74, 6) is -0.234. The Kier molecular flexibility index (Phi) is 2.43. The highest BCUT2D eigenvalue weighted by atomic mass is 16.7. The molecule has 0 spiro atoms. The molecule has 0 radical (unpaired) electrons. The molecule has 5 heteroatoms. The van der Waals surface area contributed by atoms with Crippen LogP contribution in [0.4, 0.5) is 0 Å². The van der Waals surface area contributed by atoms with Gasteiger partial charge in [0.15, 0.2) is 0 Å². The van der Waals surface area contributed by atoms with Gasteiger partial charge in [-0.25, -0.2) is 0 Å². The van der Waals surface area contributed by atoms with E-state index in [9.17, 15) is 9.59 Å². The van der Waals surface area contributed by atoms with Crippen LogP contribution < -0.4 is 11.2 Å². The van der Waals surface area contributed by atoms with Crippen LogP contribution in [0.25, 0.3) is 0 Å². The lowest BCUT2D eigenvalue weighted by Crippen LogP contribution is -2.42. The van der Waals surface area contributed by atoms with E-state index in [0.717, 1.165) is 12.8 Å². The quantitative estimate of drug-likeness (QED) is 0.394. The molecule has 0 aliphatic heterocycles. The maximum atomic E-state index is 10.7. The van der Waals surface area contributed by atoms with Gasteiger partial charge in [-0.1, -0.05) is 0 Å². The van der Waals surface area contributed by atoms with E-state index in [4.69, 9.17) is 5.73 Å². The van der Waals surface area contributed by atoms with Crippen molar-refractivity contribution in [2.45, 2.75) is 18.9 Å². The highest BCUT2D eigenvalue weighted by molar-refractivity contribution is 5.80. The number of nitrogens with two attached hydrogens (primary N) is 1. The molecule has 1 unspecified atom stereocenters. The fourth-order valence-corrected chi connectivity index (χ4v) is 0.917. The third kappa shape index (κ3) is 2.19. The topological polar surface area (TPSA) is 81.4 Å². The SMILES string of the molecule is NC(=O)C(NOC=O)C1CC1. The Labute approximate surface area is 63.8 Å². The van der Waals surface area contributed by atoms with Crippen LogP contribution in [0.2, 0.25) is 0 Å². The Hall–Kier alpha value is -1.10. The molecule has 62 valence electrons. The van der Waals surface area contributed by atoms with E-state index in [1.807, 2.05) is 0 Å². The standard InChI is InChI=1S/C6H10N2O3/c7-6(10)5(4-1-2-4)8-11-3-9/h3-5,8H,1-2H2,(H2,7,10). The number of carbonyl (C=O) groups is 2. The zero-order valence-electron chi connectivity index (χ0n) is 5.95. The second kappa shape index (κ2) is 3.34. The van der Waals surface area contributed by atoms with Crippen molar-refractivity contribution in [3.05, 3.63) is 0 Å². The van der Waals surface area contributed by atoms with Crippen molar-refractivity contribution >= 4 is 12.4 Å². The number of hydroxylamine groups is 1. The minimum absolute atomic E-state index is 0.234. The minimum Gasteiger partial charge on any atom is -0.373 e. The number of hydrogen-bond acceptors (Lipinski definition) is 4. The fourth-order valence-electron chi connectivity index (χ4n) is 0.917. The summed E-state index contributed by atoms with van der Waals surface area (Å²) in [5.41, 5.74) is 7.31. The number of primary amides is 1. The van der Waals surface area contributed by atoms with E-state index in [0.29, 0.717) is 0 Å². The summed E-state index contributed by atoms with van der Waals surface area (Å²) in [7, 11) is 0. The molecule has 0 saturated heterocycles. The van der Waals surface area contributed by atoms with Gasteiger partial charge in [0.05, 0.1) is 0 Å². The highest BCUT2D eigenvalue weighted by Crippen LogP contribution is 2.32. The molecule has 1 atom stereocenters. The first-order valence-electron chi connectivity index (χ1n) is 3.40.